The molecule has 1 atom stereocenters. The van der Waals surface area contributed by atoms with Crippen LogP contribution in [0.4, 0.5) is 21.9 Å². The van der Waals surface area contributed by atoms with Gasteiger partial charge in [0.1, 0.15) is 18.1 Å². The first-order valence-electron chi connectivity index (χ1n) is 13.9. The zero-order valence-electron chi connectivity index (χ0n) is 24.1. The molecule has 5 aromatic rings. The summed E-state index contributed by atoms with van der Waals surface area (Å²) < 4.78 is 1.95. The predicted molar refractivity (Wildman–Crippen MR) is 168 cm³/mol. The van der Waals surface area contributed by atoms with Gasteiger partial charge in [-0.3, -0.25) is 14.4 Å². The highest BCUT2D eigenvalue weighted by atomic mass is 35.5. The maximum atomic E-state index is 13.9. The Balaban J connectivity index is 1.31. The van der Waals surface area contributed by atoms with E-state index in [9.17, 15) is 34.2 Å². The lowest BCUT2D eigenvalue weighted by molar-refractivity contribution is -0.149. The van der Waals surface area contributed by atoms with Crippen molar-refractivity contribution in [1.29, 1.82) is 0 Å². The van der Waals surface area contributed by atoms with Crippen molar-refractivity contribution in [1.82, 2.24) is 29.7 Å². The standard InChI is InChI=1S/C30H24ClN9O7/c31-18-3-7-22(39-15-33-35-36-39)23(14-18)37-9-10-38(28(43)27(37)42)24(11-16-1-4-19(32)5-2-16)26(41)34-20-6-8-21-17(12-20)13-25(29(44)45)40(21)30(46)47/h1-8,12-15,24H,9-11,32H2,(H,34,41)(H,44,45)(H,46,47)/t24-/m0/s1. The summed E-state index contributed by atoms with van der Waals surface area (Å²) in [6, 6.07) is 15.6. The molecule has 5 N–H and O–H groups in total. The summed E-state index contributed by atoms with van der Waals surface area (Å²) >= 11 is 6.24. The van der Waals surface area contributed by atoms with E-state index in [1.807, 2.05) is 0 Å². The molecule has 47 heavy (non-hydrogen) atoms. The van der Waals surface area contributed by atoms with E-state index in [1.165, 1.54) is 51.1 Å². The van der Waals surface area contributed by atoms with Gasteiger partial charge in [-0.15, -0.1) is 5.10 Å². The van der Waals surface area contributed by atoms with Crippen molar-refractivity contribution in [2.75, 3.05) is 29.0 Å². The maximum Gasteiger partial charge on any atom is 0.416 e. The molecule has 3 aromatic carbocycles. The summed E-state index contributed by atoms with van der Waals surface area (Å²) in [6.07, 6.45) is -0.125. The molecule has 238 valence electrons. The van der Waals surface area contributed by atoms with Crippen LogP contribution in [0.15, 0.2) is 73.1 Å². The predicted octanol–water partition coefficient (Wildman–Crippen LogP) is 2.50. The first-order chi connectivity index (χ1) is 22.5. The third-order valence-corrected chi connectivity index (χ3v) is 7.88. The summed E-state index contributed by atoms with van der Waals surface area (Å²) in [5.74, 6) is -3.91. The molecule has 1 aliphatic heterocycles. The van der Waals surface area contributed by atoms with Crippen molar-refractivity contribution < 1.29 is 34.2 Å². The van der Waals surface area contributed by atoms with Crippen LogP contribution in [-0.2, 0) is 20.8 Å². The number of halogens is 1. The van der Waals surface area contributed by atoms with Crippen molar-refractivity contribution in [2.24, 2.45) is 0 Å². The molecule has 1 aliphatic rings. The number of aromatic carboxylic acids is 1. The fourth-order valence-electron chi connectivity index (χ4n) is 5.46. The quantitative estimate of drug-likeness (QED) is 0.140. The zero-order chi connectivity index (χ0) is 33.4. The number of nitrogens with one attached hydrogen (secondary N) is 1. The average molecular weight is 658 g/mol. The number of fused-ring (bicyclic) bond motifs is 1. The van der Waals surface area contributed by atoms with E-state index >= 15 is 0 Å². The second-order valence-corrected chi connectivity index (χ2v) is 11.0. The smallest absolute Gasteiger partial charge is 0.416 e. The molecule has 1 fully saturated rings. The molecule has 0 bridgehead atoms. The van der Waals surface area contributed by atoms with Gasteiger partial charge in [0.25, 0.3) is 0 Å². The second kappa shape index (κ2) is 12.2. The number of nitrogen functional groups attached to an aromatic ring is 1. The number of nitrogens with two attached hydrogens (primary N) is 1. The first kappa shape index (κ1) is 30.7. The Morgan fingerprint density at radius 3 is 2.38 bits per heavy atom. The molecule has 1 saturated heterocycles. The van der Waals surface area contributed by atoms with Crippen LogP contribution in [0.25, 0.3) is 16.6 Å². The van der Waals surface area contributed by atoms with Crippen LogP contribution < -0.4 is 16.0 Å². The van der Waals surface area contributed by atoms with E-state index < -0.39 is 41.5 Å². The number of carboxylic acid groups (broad SMARTS) is 2. The lowest BCUT2D eigenvalue weighted by atomic mass is 10.0. The molecule has 17 heteroatoms. The molecule has 2 aromatic heterocycles. The average Bonchev–Trinajstić information content (AvgIpc) is 3.71. The SMILES string of the molecule is Nc1ccc(C[C@@H](C(=O)Nc2ccc3c(c2)cc(C(=O)O)n3C(=O)O)N2CCN(c3cc(Cl)ccc3-n3cnnn3)C(=O)C2=O)cc1. The number of tetrazole rings is 1. The minimum atomic E-state index is -1.48. The summed E-state index contributed by atoms with van der Waals surface area (Å²) in [6.45, 7) is -0.0140. The number of carboxylic acids is 1. The van der Waals surface area contributed by atoms with Crippen molar-refractivity contribution in [3.63, 3.8) is 0 Å². The number of hydrogen-bond acceptors (Lipinski definition) is 9. The number of amides is 3. The Kier molecular flexibility index (Phi) is 8.00. The van der Waals surface area contributed by atoms with Gasteiger partial charge in [-0.25, -0.2) is 14.2 Å². The molecule has 0 unspecified atom stereocenters. The van der Waals surface area contributed by atoms with Gasteiger partial charge in [-0.05, 0) is 70.6 Å². The number of piperazine rings is 1. The molecule has 0 aliphatic carbocycles. The van der Waals surface area contributed by atoms with Crippen molar-refractivity contribution in [3.05, 3.63) is 89.3 Å². The molecule has 6 rings (SSSR count). The van der Waals surface area contributed by atoms with Crippen LogP contribution in [0, 0.1) is 0 Å². The Labute approximate surface area is 269 Å². The van der Waals surface area contributed by atoms with Gasteiger partial charge in [0, 0.05) is 41.3 Å². The molecule has 0 saturated carbocycles. The Morgan fingerprint density at radius 1 is 0.936 bits per heavy atom. The molecule has 16 nitrogen and oxygen atoms in total. The minimum absolute atomic E-state index is 0.0121. The Bertz CT molecular complexity index is 2060. The van der Waals surface area contributed by atoms with Crippen LogP contribution >= 0.6 is 11.6 Å². The molecule has 0 spiro atoms. The first-order valence-corrected chi connectivity index (χ1v) is 14.3. The van der Waals surface area contributed by atoms with Gasteiger partial charge in [-0.1, -0.05) is 23.7 Å². The van der Waals surface area contributed by atoms with Crippen LogP contribution in [0.1, 0.15) is 16.1 Å². The summed E-state index contributed by atoms with van der Waals surface area (Å²) in [5.41, 5.74) is 7.54. The van der Waals surface area contributed by atoms with Crippen LogP contribution in [0.5, 0.6) is 0 Å². The van der Waals surface area contributed by atoms with Crippen LogP contribution in [-0.4, -0.2) is 88.8 Å². The van der Waals surface area contributed by atoms with E-state index in [2.05, 4.69) is 20.8 Å². The highest BCUT2D eigenvalue weighted by Gasteiger charge is 2.40. The number of carbonyl (C=O) groups is 5. The van der Waals surface area contributed by atoms with Gasteiger partial charge < -0.3 is 31.1 Å². The monoisotopic (exact) mass is 657 g/mol. The number of benzene rings is 3. The molecule has 0 radical (unpaired) electrons. The van der Waals surface area contributed by atoms with Gasteiger partial charge in [0.15, 0.2) is 0 Å². The summed E-state index contributed by atoms with van der Waals surface area (Å²) in [7, 11) is 0. The van der Waals surface area contributed by atoms with Gasteiger partial charge in [-0.2, -0.15) is 4.68 Å². The highest BCUT2D eigenvalue weighted by Crippen LogP contribution is 2.30. The fraction of sp³-hybridized carbons (Fsp3) is 0.133. The number of aromatic nitrogens is 5. The lowest BCUT2D eigenvalue weighted by Gasteiger charge is -2.38. The van der Waals surface area contributed by atoms with E-state index in [0.717, 1.165) is 0 Å². The lowest BCUT2D eigenvalue weighted by Crippen LogP contribution is -2.60. The second-order valence-electron chi connectivity index (χ2n) is 10.5. The van der Waals surface area contributed by atoms with E-state index in [4.69, 9.17) is 17.3 Å². The third-order valence-electron chi connectivity index (χ3n) is 7.64. The number of anilines is 3. The number of carbonyl (C=O) groups excluding carboxylic acids is 3. The number of nitrogens with zero attached hydrogens (tertiary/aromatic N) is 7. The van der Waals surface area contributed by atoms with E-state index in [0.29, 0.717) is 32.2 Å². The normalized spacial score (nSPS) is 14.0. The topological polar surface area (TPSA) is 219 Å². The van der Waals surface area contributed by atoms with Crippen molar-refractivity contribution in [3.8, 4) is 5.69 Å². The minimum Gasteiger partial charge on any atom is -0.477 e. The zero-order valence-corrected chi connectivity index (χ0v) is 24.9. The molecular weight excluding hydrogens is 634 g/mol. The van der Waals surface area contributed by atoms with E-state index in [-0.39, 0.29) is 36.1 Å². The summed E-state index contributed by atoms with van der Waals surface area (Å²) in [4.78, 5) is 67.0. The Morgan fingerprint density at radius 2 is 1.70 bits per heavy atom. The largest absolute Gasteiger partial charge is 0.477 e. The van der Waals surface area contributed by atoms with Crippen molar-refractivity contribution in [2.45, 2.75) is 12.5 Å². The number of rotatable bonds is 8. The summed E-state index contributed by atoms with van der Waals surface area (Å²) in [5, 5.41) is 33.4. The highest BCUT2D eigenvalue weighted by molar-refractivity contribution is 6.41. The van der Waals surface area contributed by atoms with E-state index in [1.54, 1.807) is 36.4 Å². The fourth-order valence-corrected chi connectivity index (χ4v) is 5.62. The Hall–Kier alpha value is -6.29. The maximum absolute atomic E-state index is 13.9. The van der Waals surface area contributed by atoms with Crippen LogP contribution in [0.3, 0.4) is 0 Å². The third kappa shape index (κ3) is 5.91. The number of hydrogen-bond donors (Lipinski definition) is 4. The van der Waals surface area contributed by atoms with Crippen molar-refractivity contribution >= 4 is 69.4 Å². The molecule has 3 heterocycles. The van der Waals surface area contributed by atoms with Gasteiger partial charge in [0.05, 0.1) is 16.9 Å². The molecular formula is C30H24ClN9O7. The van der Waals surface area contributed by atoms with Gasteiger partial charge >= 0.3 is 23.9 Å². The van der Waals surface area contributed by atoms with Crippen LogP contribution in [0.2, 0.25) is 5.02 Å². The van der Waals surface area contributed by atoms with Gasteiger partial charge in [0.2, 0.25) is 5.91 Å². The molecule has 3 amide bonds.